The van der Waals surface area contributed by atoms with Crippen LogP contribution in [0.1, 0.15) is 0 Å². The highest BCUT2D eigenvalue weighted by Gasteiger charge is 2.29. The van der Waals surface area contributed by atoms with Crippen molar-refractivity contribution in [2.75, 3.05) is 17.6 Å². The van der Waals surface area contributed by atoms with Gasteiger partial charge in [0, 0.05) is 12.7 Å². The van der Waals surface area contributed by atoms with Crippen molar-refractivity contribution in [3.05, 3.63) is 54.9 Å². The second kappa shape index (κ2) is 6.19. The standard InChI is InChI=1S/C15H13N7O3S/c23-15(12-2-1-5-21-6-7-26(24,25)20-14(12)21)19-11-3-4-13(17-8-11)22-10-16-9-18-22/h1-5,8-10H,6-7H2,(H,19,23). The smallest absolute Gasteiger partial charge is 0.259 e. The molecule has 0 saturated carbocycles. The maximum Gasteiger partial charge on any atom is 0.259 e. The lowest BCUT2D eigenvalue weighted by molar-refractivity contribution is -0.112. The molecule has 0 spiro atoms. The number of aromatic nitrogens is 4. The molecule has 0 bridgehead atoms. The molecule has 10 nitrogen and oxygen atoms in total. The minimum absolute atomic E-state index is 0.0800. The van der Waals surface area contributed by atoms with Gasteiger partial charge in [-0.2, -0.15) is 5.10 Å². The number of anilines is 1. The van der Waals surface area contributed by atoms with Crippen molar-refractivity contribution in [1.29, 1.82) is 0 Å². The van der Waals surface area contributed by atoms with Crippen LogP contribution in [0.15, 0.2) is 59.3 Å². The van der Waals surface area contributed by atoms with E-state index in [4.69, 9.17) is 0 Å². The first-order valence-electron chi connectivity index (χ1n) is 7.62. The number of amidine groups is 1. The summed E-state index contributed by atoms with van der Waals surface area (Å²) in [6.45, 7) is 0.260. The van der Waals surface area contributed by atoms with Crippen molar-refractivity contribution >= 4 is 27.5 Å². The Kier molecular flexibility index (Phi) is 3.84. The molecule has 0 unspecified atom stereocenters. The molecule has 132 valence electrons. The maximum atomic E-state index is 12.6. The third-order valence-corrected chi connectivity index (χ3v) is 4.91. The predicted molar refractivity (Wildman–Crippen MR) is 92.9 cm³/mol. The first-order chi connectivity index (χ1) is 12.5. The Labute approximate surface area is 148 Å². The number of hydrogen-bond acceptors (Lipinski definition) is 7. The molecule has 4 rings (SSSR count). The number of hydrogen-bond donors (Lipinski definition) is 1. The van der Waals surface area contributed by atoms with E-state index in [-0.39, 0.29) is 23.7 Å². The van der Waals surface area contributed by atoms with Gasteiger partial charge < -0.3 is 10.2 Å². The first-order valence-corrected chi connectivity index (χ1v) is 9.23. The van der Waals surface area contributed by atoms with Crippen molar-refractivity contribution in [2.24, 2.45) is 4.40 Å². The molecule has 0 aliphatic carbocycles. The van der Waals surface area contributed by atoms with E-state index in [0.717, 1.165) is 0 Å². The van der Waals surface area contributed by atoms with Crippen LogP contribution in [0.25, 0.3) is 5.82 Å². The van der Waals surface area contributed by atoms with Gasteiger partial charge >= 0.3 is 0 Å². The highest BCUT2D eigenvalue weighted by Crippen LogP contribution is 2.19. The minimum Gasteiger partial charge on any atom is -0.331 e. The molecule has 2 aliphatic rings. The van der Waals surface area contributed by atoms with Crippen LogP contribution in [0.4, 0.5) is 5.69 Å². The van der Waals surface area contributed by atoms with Gasteiger partial charge in [-0.05, 0) is 24.3 Å². The van der Waals surface area contributed by atoms with E-state index in [2.05, 4.69) is 24.8 Å². The zero-order chi connectivity index (χ0) is 18.1. The molecule has 0 aromatic carbocycles. The lowest BCUT2D eigenvalue weighted by Crippen LogP contribution is -2.40. The van der Waals surface area contributed by atoms with Gasteiger partial charge in [0.1, 0.15) is 12.7 Å². The topological polar surface area (TPSA) is 122 Å². The van der Waals surface area contributed by atoms with E-state index in [1.807, 2.05) is 0 Å². The zero-order valence-electron chi connectivity index (χ0n) is 13.3. The first kappa shape index (κ1) is 16.1. The Bertz CT molecular complexity index is 1040. The molecule has 0 radical (unpaired) electrons. The number of carbonyl (C=O) groups excluding carboxylic acids is 1. The molecule has 11 heteroatoms. The van der Waals surface area contributed by atoms with Gasteiger partial charge in [-0.25, -0.2) is 23.1 Å². The summed E-state index contributed by atoms with van der Waals surface area (Å²) < 4.78 is 28.7. The van der Waals surface area contributed by atoms with E-state index in [1.165, 1.54) is 29.6 Å². The van der Waals surface area contributed by atoms with Crippen LogP contribution in [-0.4, -0.2) is 57.1 Å². The summed E-state index contributed by atoms with van der Waals surface area (Å²) in [7, 11) is -3.56. The summed E-state index contributed by atoms with van der Waals surface area (Å²) in [5.74, 6) is 0.131. The number of nitrogens with zero attached hydrogens (tertiary/aromatic N) is 6. The van der Waals surface area contributed by atoms with Crippen LogP contribution < -0.4 is 5.32 Å². The number of nitrogens with one attached hydrogen (secondary N) is 1. The van der Waals surface area contributed by atoms with Gasteiger partial charge in [-0.15, -0.1) is 4.40 Å². The molecule has 0 saturated heterocycles. The molecule has 2 aromatic rings. The molecule has 1 N–H and O–H groups in total. The van der Waals surface area contributed by atoms with E-state index in [1.54, 1.807) is 29.3 Å². The summed E-state index contributed by atoms with van der Waals surface area (Å²) in [4.78, 5) is 22.3. The zero-order valence-corrected chi connectivity index (χ0v) is 14.2. The van der Waals surface area contributed by atoms with Crippen molar-refractivity contribution in [3.63, 3.8) is 0 Å². The molecule has 4 heterocycles. The second-order valence-electron chi connectivity index (χ2n) is 5.52. The summed E-state index contributed by atoms with van der Waals surface area (Å²) in [5.41, 5.74) is 0.635. The molecule has 1 amide bonds. The van der Waals surface area contributed by atoms with Gasteiger partial charge in [0.05, 0.1) is 23.2 Å². The summed E-state index contributed by atoms with van der Waals surface area (Å²) in [6, 6.07) is 3.34. The van der Waals surface area contributed by atoms with Gasteiger partial charge in [-0.1, -0.05) is 0 Å². The lowest BCUT2D eigenvalue weighted by atomic mass is 10.1. The fourth-order valence-electron chi connectivity index (χ4n) is 2.51. The highest BCUT2D eigenvalue weighted by molar-refractivity contribution is 7.90. The number of amides is 1. The number of rotatable bonds is 3. The predicted octanol–water partition coefficient (Wildman–Crippen LogP) is 0.0984. The second-order valence-corrected chi connectivity index (χ2v) is 7.27. The maximum absolute atomic E-state index is 12.6. The molecule has 2 aromatic heterocycles. The van der Waals surface area contributed by atoms with E-state index in [9.17, 15) is 13.2 Å². The van der Waals surface area contributed by atoms with Gasteiger partial charge in [0.15, 0.2) is 11.7 Å². The SMILES string of the molecule is O=C(Nc1ccc(-n2cncn2)nc1)C1=CC=CN2CCS(=O)(=O)N=C12. The quantitative estimate of drug-likeness (QED) is 0.812. The molecule has 26 heavy (non-hydrogen) atoms. The molecule has 0 fully saturated rings. The van der Waals surface area contributed by atoms with E-state index >= 15 is 0 Å². The fourth-order valence-corrected chi connectivity index (χ4v) is 3.50. The van der Waals surface area contributed by atoms with Crippen molar-refractivity contribution < 1.29 is 13.2 Å². The van der Waals surface area contributed by atoms with Crippen LogP contribution in [0.3, 0.4) is 0 Å². The monoisotopic (exact) mass is 371 g/mol. The largest absolute Gasteiger partial charge is 0.331 e. The van der Waals surface area contributed by atoms with Crippen molar-refractivity contribution in [3.8, 4) is 5.82 Å². The Morgan fingerprint density at radius 2 is 2.15 bits per heavy atom. The normalized spacial score (nSPS) is 17.9. The number of carbonyl (C=O) groups is 1. The minimum atomic E-state index is -3.56. The average Bonchev–Trinajstić information content (AvgIpc) is 3.15. The molecular formula is C15H13N7O3S. The van der Waals surface area contributed by atoms with Gasteiger partial charge in [-0.3, -0.25) is 4.79 Å². The third-order valence-electron chi connectivity index (χ3n) is 3.76. The highest BCUT2D eigenvalue weighted by atomic mass is 32.2. The lowest BCUT2D eigenvalue weighted by Gasteiger charge is -2.28. The Morgan fingerprint density at radius 3 is 2.88 bits per heavy atom. The summed E-state index contributed by atoms with van der Waals surface area (Å²) in [6.07, 6.45) is 9.28. The summed E-state index contributed by atoms with van der Waals surface area (Å²) in [5, 5.41) is 6.66. The Balaban J connectivity index is 1.55. The van der Waals surface area contributed by atoms with E-state index < -0.39 is 15.9 Å². The molecule has 0 atom stereocenters. The number of fused-ring (bicyclic) bond motifs is 1. The fraction of sp³-hybridized carbons (Fsp3) is 0.133. The van der Waals surface area contributed by atoms with Gasteiger partial charge in [0.25, 0.3) is 15.9 Å². The van der Waals surface area contributed by atoms with Crippen LogP contribution in [0, 0.1) is 0 Å². The number of sulfonamides is 1. The Hall–Kier alpha value is -3.34. The van der Waals surface area contributed by atoms with Crippen LogP contribution in [0.2, 0.25) is 0 Å². The summed E-state index contributed by atoms with van der Waals surface area (Å²) >= 11 is 0. The number of allylic oxidation sites excluding steroid dienone is 2. The van der Waals surface area contributed by atoms with E-state index in [0.29, 0.717) is 11.5 Å². The third kappa shape index (κ3) is 3.11. The van der Waals surface area contributed by atoms with Crippen molar-refractivity contribution in [1.82, 2.24) is 24.6 Å². The number of pyridine rings is 1. The van der Waals surface area contributed by atoms with Crippen molar-refractivity contribution in [2.45, 2.75) is 0 Å². The van der Waals surface area contributed by atoms with Gasteiger partial charge in [0.2, 0.25) is 0 Å². The van der Waals surface area contributed by atoms with Crippen LogP contribution in [0.5, 0.6) is 0 Å². The average molecular weight is 371 g/mol. The van der Waals surface area contributed by atoms with Crippen LogP contribution in [-0.2, 0) is 14.8 Å². The molecule has 2 aliphatic heterocycles. The molecular weight excluding hydrogens is 358 g/mol. The van der Waals surface area contributed by atoms with Crippen LogP contribution >= 0.6 is 0 Å². The Morgan fingerprint density at radius 1 is 1.27 bits per heavy atom.